The van der Waals surface area contributed by atoms with Crippen LogP contribution in [0.25, 0.3) is 22.3 Å². The van der Waals surface area contributed by atoms with Crippen molar-refractivity contribution in [2.75, 3.05) is 0 Å². The second-order valence-electron chi connectivity index (χ2n) is 7.64. The van der Waals surface area contributed by atoms with E-state index in [4.69, 9.17) is 0 Å². The summed E-state index contributed by atoms with van der Waals surface area (Å²) in [7, 11) is 0. The molecule has 1 aliphatic rings. The number of rotatable bonds is 0. The fourth-order valence-electron chi connectivity index (χ4n) is 3.91. The van der Waals surface area contributed by atoms with Gasteiger partial charge in [0.15, 0.2) is 0 Å². The molecule has 0 saturated carbocycles. The molecule has 0 amide bonds. The summed E-state index contributed by atoms with van der Waals surface area (Å²) >= 11 is 0. The van der Waals surface area contributed by atoms with Gasteiger partial charge in [-0.25, -0.2) is 0 Å². The summed E-state index contributed by atoms with van der Waals surface area (Å²) in [6.07, 6.45) is 0. The normalized spacial score (nSPS) is 11.7. The summed E-state index contributed by atoms with van der Waals surface area (Å²) in [4.78, 5) is 14.3. The van der Waals surface area contributed by atoms with Crippen LogP contribution in [-0.4, -0.2) is 19.9 Å². The minimum atomic E-state index is 1.13. The van der Waals surface area contributed by atoms with E-state index in [0.717, 1.165) is 44.2 Å². The molecule has 1 aliphatic heterocycles. The molecule has 0 saturated heterocycles. The molecule has 196 valence electrons. The third-order valence-corrected chi connectivity index (χ3v) is 5.98. The number of aromatic amines is 4. The Morgan fingerprint density at radius 2 is 0.500 bits per heavy atom. The molecule has 0 atom stereocenters. The maximum atomic E-state index is 3.58. The average molecular weight is 489 g/mol. The van der Waals surface area contributed by atoms with Gasteiger partial charge in [-0.15, -0.1) is 0 Å². The predicted molar refractivity (Wildman–Crippen MR) is 160 cm³/mol. The number of fused-ring (bicyclic) bond motifs is 8. The van der Waals surface area contributed by atoms with Crippen molar-refractivity contribution in [2.24, 2.45) is 0 Å². The maximum absolute atomic E-state index is 3.58. The van der Waals surface area contributed by atoms with Crippen molar-refractivity contribution in [3.8, 4) is 0 Å². The van der Waals surface area contributed by atoms with Crippen molar-refractivity contribution in [1.29, 1.82) is 0 Å². The van der Waals surface area contributed by atoms with E-state index in [1.54, 1.807) is 0 Å². The molecule has 4 aromatic rings. The van der Waals surface area contributed by atoms with Crippen LogP contribution < -0.4 is 21.4 Å². The first-order valence-corrected chi connectivity index (χ1v) is 13.6. The van der Waals surface area contributed by atoms with Crippen molar-refractivity contribution in [2.45, 2.75) is 83.1 Å². The van der Waals surface area contributed by atoms with E-state index in [9.17, 15) is 0 Å². The smallest absolute Gasteiger partial charge is 0.0435 e. The van der Waals surface area contributed by atoms with Crippen LogP contribution in [0, 0.1) is 0 Å². The standard InChI is InChI=1S/C24H24N4.4C2H6/c1-13-17-5-7-19(25-17)14(2)21-9-11-23(27-21)16(4)24-12-10-22(28-24)15(3)20-8-6-18(13)26-20;4*1-2/h5-12,25-28H,1-4H3;4*1-2H3. The molecule has 0 aromatic carbocycles. The molecule has 5 rings (SSSR count). The largest absolute Gasteiger partial charge is 0.355 e. The summed E-state index contributed by atoms with van der Waals surface area (Å²) in [6, 6.07) is 17.2. The van der Waals surface area contributed by atoms with E-state index in [1.165, 1.54) is 22.3 Å². The molecule has 4 aromatic heterocycles. The van der Waals surface area contributed by atoms with Crippen LogP contribution in [0.4, 0.5) is 0 Å². The van der Waals surface area contributed by atoms with E-state index in [2.05, 4.69) is 96.2 Å². The lowest BCUT2D eigenvalue weighted by Gasteiger charge is -2.01. The van der Waals surface area contributed by atoms with Crippen LogP contribution in [0.15, 0.2) is 48.5 Å². The van der Waals surface area contributed by atoms with Crippen molar-refractivity contribution in [1.82, 2.24) is 19.9 Å². The summed E-state index contributed by atoms with van der Waals surface area (Å²) in [5.41, 5.74) is 9.33. The van der Waals surface area contributed by atoms with Crippen LogP contribution >= 0.6 is 0 Å². The summed E-state index contributed by atoms with van der Waals surface area (Å²) in [5.74, 6) is 0. The number of nitrogens with one attached hydrogen (secondary N) is 4. The van der Waals surface area contributed by atoms with Crippen molar-refractivity contribution >= 4 is 22.3 Å². The van der Waals surface area contributed by atoms with E-state index in [0.29, 0.717) is 0 Å². The Morgan fingerprint density at radius 3 is 0.694 bits per heavy atom. The Labute approximate surface area is 218 Å². The molecule has 4 N–H and O–H groups in total. The molecular formula is C32H48N4. The third-order valence-electron chi connectivity index (χ3n) is 5.98. The van der Waals surface area contributed by atoms with E-state index in [-0.39, 0.29) is 0 Å². The van der Waals surface area contributed by atoms with Gasteiger partial charge in [0.2, 0.25) is 0 Å². The number of hydrogen-bond donors (Lipinski definition) is 4. The van der Waals surface area contributed by atoms with Crippen molar-refractivity contribution < 1.29 is 0 Å². The van der Waals surface area contributed by atoms with Crippen LogP contribution in [0.1, 0.15) is 106 Å². The minimum Gasteiger partial charge on any atom is -0.355 e. The van der Waals surface area contributed by atoms with Gasteiger partial charge < -0.3 is 19.9 Å². The second kappa shape index (κ2) is 14.9. The highest BCUT2D eigenvalue weighted by Crippen LogP contribution is 2.16. The Bertz CT molecular complexity index is 1230. The Balaban J connectivity index is 0.000000741. The molecule has 0 spiro atoms. The Kier molecular flexibility index (Phi) is 12.7. The summed E-state index contributed by atoms with van der Waals surface area (Å²) in [5, 5.41) is 4.52. The molecule has 4 nitrogen and oxygen atoms in total. The zero-order valence-electron chi connectivity index (χ0n) is 24.6. The molecule has 0 radical (unpaired) electrons. The summed E-state index contributed by atoms with van der Waals surface area (Å²) < 4.78 is 0. The van der Waals surface area contributed by atoms with Crippen molar-refractivity contribution in [3.63, 3.8) is 0 Å². The lowest BCUT2D eigenvalue weighted by Crippen LogP contribution is -2.16. The van der Waals surface area contributed by atoms with Gasteiger partial charge in [-0.05, 0) is 98.5 Å². The van der Waals surface area contributed by atoms with Crippen LogP contribution in [0.2, 0.25) is 0 Å². The molecule has 0 unspecified atom stereocenters. The SMILES string of the molecule is CC.CC.CC.CC.CC1=c2ccc([nH]2)=C(C)c2ccc([nH]2)C(C)=c2ccc([nH]2)=C(C)c2ccc1[nH]2. The quantitative estimate of drug-likeness (QED) is 0.225. The molecule has 36 heavy (non-hydrogen) atoms. The third kappa shape index (κ3) is 6.42. The van der Waals surface area contributed by atoms with Gasteiger partial charge >= 0.3 is 0 Å². The first kappa shape index (κ1) is 30.6. The van der Waals surface area contributed by atoms with Gasteiger partial charge in [-0.2, -0.15) is 0 Å². The minimum absolute atomic E-state index is 1.13. The fourth-order valence-corrected chi connectivity index (χ4v) is 3.91. The second-order valence-corrected chi connectivity index (χ2v) is 7.64. The average Bonchev–Trinajstić information content (AvgIpc) is 3.77. The molecule has 4 heteroatoms. The monoisotopic (exact) mass is 488 g/mol. The first-order chi connectivity index (χ1) is 17.5. The molecule has 8 bridgehead atoms. The Morgan fingerprint density at radius 1 is 0.306 bits per heavy atom. The molecule has 5 heterocycles. The highest BCUT2D eigenvalue weighted by atomic mass is 14.8. The van der Waals surface area contributed by atoms with E-state index in [1.807, 2.05) is 55.4 Å². The predicted octanol–water partition coefficient (Wildman–Crippen LogP) is 6.29. The number of aromatic nitrogens is 4. The molecule has 0 aliphatic carbocycles. The van der Waals surface area contributed by atoms with Crippen molar-refractivity contribution in [3.05, 3.63) is 92.7 Å². The summed E-state index contributed by atoms with van der Waals surface area (Å²) in [6.45, 7) is 24.6. The van der Waals surface area contributed by atoms with Crippen LogP contribution in [-0.2, 0) is 0 Å². The van der Waals surface area contributed by atoms with Gasteiger partial charge in [0, 0.05) is 44.2 Å². The molecular weight excluding hydrogens is 440 g/mol. The van der Waals surface area contributed by atoms with E-state index < -0.39 is 0 Å². The van der Waals surface area contributed by atoms with Gasteiger partial charge in [0.05, 0.1) is 0 Å². The number of hydrogen-bond acceptors (Lipinski definition) is 0. The molecule has 0 fully saturated rings. The highest BCUT2D eigenvalue weighted by Gasteiger charge is 2.08. The first-order valence-electron chi connectivity index (χ1n) is 13.6. The lowest BCUT2D eigenvalue weighted by molar-refractivity contribution is 1.18. The van der Waals surface area contributed by atoms with Gasteiger partial charge in [0.25, 0.3) is 0 Å². The van der Waals surface area contributed by atoms with Crippen LogP contribution in [0.3, 0.4) is 0 Å². The maximum Gasteiger partial charge on any atom is 0.0435 e. The highest BCUT2D eigenvalue weighted by molar-refractivity contribution is 5.69. The fraction of sp³-hybridized carbons (Fsp3) is 0.375. The van der Waals surface area contributed by atoms with Gasteiger partial charge in [-0.3, -0.25) is 0 Å². The zero-order chi connectivity index (χ0) is 27.4. The van der Waals surface area contributed by atoms with E-state index >= 15 is 0 Å². The number of H-pyrrole nitrogens is 4. The topological polar surface area (TPSA) is 63.2 Å². The zero-order valence-corrected chi connectivity index (χ0v) is 24.6. The Hall–Kier alpha value is -3.40. The van der Waals surface area contributed by atoms with Gasteiger partial charge in [-0.1, -0.05) is 55.4 Å². The van der Waals surface area contributed by atoms with Gasteiger partial charge in [0.1, 0.15) is 0 Å². The van der Waals surface area contributed by atoms with Crippen LogP contribution in [0.5, 0.6) is 0 Å². The lowest BCUT2D eigenvalue weighted by atomic mass is 10.2.